The number of hydrogen-bond donors (Lipinski definition) is 0. The Hall–Kier alpha value is -1.11. The molecule has 2 rings (SSSR count). The molecule has 0 spiro atoms. The van der Waals surface area contributed by atoms with E-state index in [4.69, 9.17) is 11.6 Å². The smallest absolute Gasteiger partial charge is 0.253 e. The first-order valence-electron chi connectivity index (χ1n) is 8.13. The van der Waals surface area contributed by atoms with Crippen molar-refractivity contribution in [1.82, 2.24) is 9.21 Å². The Labute approximate surface area is 149 Å². The molecule has 134 valence electrons. The van der Waals surface area contributed by atoms with Gasteiger partial charge in [-0.05, 0) is 49.8 Å². The van der Waals surface area contributed by atoms with Gasteiger partial charge in [0.1, 0.15) is 4.90 Å². The highest BCUT2D eigenvalue weighted by atomic mass is 35.5. The molecule has 1 aromatic rings. The van der Waals surface area contributed by atoms with Crippen LogP contribution in [-0.4, -0.2) is 50.7 Å². The summed E-state index contributed by atoms with van der Waals surface area (Å²) >= 11 is 6.04. The first-order chi connectivity index (χ1) is 11.1. The Morgan fingerprint density at radius 3 is 2.25 bits per heavy atom. The van der Waals surface area contributed by atoms with E-state index in [1.165, 1.54) is 26.2 Å². The molecular formula is C17H25ClN2O3S. The number of rotatable bonds is 4. The molecule has 1 fully saturated rings. The number of sulfonamides is 1. The van der Waals surface area contributed by atoms with Crippen LogP contribution in [0.5, 0.6) is 0 Å². The lowest BCUT2D eigenvalue weighted by molar-refractivity contribution is 0.0679. The molecule has 1 aliphatic carbocycles. The molecule has 5 nitrogen and oxygen atoms in total. The predicted molar refractivity (Wildman–Crippen MR) is 95.8 cm³/mol. The Kier molecular flexibility index (Phi) is 5.94. The molecule has 0 atom stereocenters. The van der Waals surface area contributed by atoms with E-state index in [1.54, 1.807) is 18.0 Å². The number of carbonyl (C=O) groups excluding carboxylic acids is 1. The normalized spacial score (nSPS) is 21.8. The predicted octanol–water partition coefficient (Wildman–Crippen LogP) is 3.24. The summed E-state index contributed by atoms with van der Waals surface area (Å²) in [5.41, 5.74) is 0.348. The van der Waals surface area contributed by atoms with Crippen molar-refractivity contribution in [2.24, 2.45) is 5.92 Å². The largest absolute Gasteiger partial charge is 0.339 e. The van der Waals surface area contributed by atoms with Crippen molar-refractivity contribution in [2.45, 2.75) is 43.5 Å². The maximum atomic E-state index is 12.8. The van der Waals surface area contributed by atoms with Gasteiger partial charge in [0, 0.05) is 32.7 Å². The van der Waals surface area contributed by atoms with Crippen LogP contribution >= 0.6 is 11.6 Å². The molecule has 0 aromatic heterocycles. The third-order valence-corrected chi connectivity index (χ3v) is 7.09. The number of halogens is 1. The Morgan fingerprint density at radius 1 is 1.12 bits per heavy atom. The van der Waals surface area contributed by atoms with Crippen LogP contribution in [0.4, 0.5) is 0 Å². The summed E-state index contributed by atoms with van der Waals surface area (Å²) in [6.07, 6.45) is 4.20. The lowest BCUT2D eigenvalue weighted by atomic mass is 9.86. The second-order valence-electron chi connectivity index (χ2n) is 6.76. The van der Waals surface area contributed by atoms with E-state index in [9.17, 15) is 13.2 Å². The first kappa shape index (κ1) is 19.2. The van der Waals surface area contributed by atoms with E-state index in [2.05, 4.69) is 6.92 Å². The zero-order chi connectivity index (χ0) is 18.1. The van der Waals surface area contributed by atoms with Crippen molar-refractivity contribution in [2.75, 3.05) is 21.1 Å². The molecule has 1 aromatic carbocycles. The van der Waals surface area contributed by atoms with Crippen molar-refractivity contribution >= 4 is 27.5 Å². The minimum Gasteiger partial charge on any atom is -0.339 e. The van der Waals surface area contributed by atoms with Crippen LogP contribution in [-0.2, 0) is 10.0 Å². The molecule has 0 aliphatic heterocycles. The van der Waals surface area contributed by atoms with Crippen LogP contribution in [0.25, 0.3) is 0 Å². The standard InChI is InChI=1S/C17H25ClN2O3S/c1-12-5-8-14(9-6-12)20(4)17(21)13-7-10-15(18)16(11-13)24(22,23)19(2)3/h7,10-12,14H,5-6,8-9H2,1-4H3. The molecule has 1 aliphatic rings. The lowest BCUT2D eigenvalue weighted by Gasteiger charge is -2.33. The number of nitrogens with zero attached hydrogens (tertiary/aromatic N) is 2. The Morgan fingerprint density at radius 2 is 1.71 bits per heavy atom. The number of hydrogen-bond acceptors (Lipinski definition) is 3. The van der Waals surface area contributed by atoms with Gasteiger partial charge in [-0.15, -0.1) is 0 Å². The van der Waals surface area contributed by atoms with Gasteiger partial charge in [0.25, 0.3) is 5.91 Å². The van der Waals surface area contributed by atoms with Gasteiger partial charge >= 0.3 is 0 Å². The summed E-state index contributed by atoms with van der Waals surface area (Å²) < 4.78 is 25.8. The summed E-state index contributed by atoms with van der Waals surface area (Å²) in [5.74, 6) is 0.540. The van der Waals surface area contributed by atoms with Crippen molar-refractivity contribution in [3.05, 3.63) is 28.8 Å². The summed E-state index contributed by atoms with van der Waals surface area (Å²) in [7, 11) is 0.979. The van der Waals surface area contributed by atoms with E-state index in [-0.39, 0.29) is 21.9 Å². The number of benzene rings is 1. The van der Waals surface area contributed by atoms with Gasteiger partial charge in [0.2, 0.25) is 10.0 Å². The van der Waals surface area contributed by atoms with Crippen LogP contribution in [0, 0.1) is 5.92 Å². The van der Waals surface area contributed by atoms with Crippen LogP contribution < -0.4 is 0 Å². The van der Waals surface area contributed by atoms with E-state index in [1.807, 2.05) is 0 Å². The summed E-state index contributed by atoms with van der Waals surface area (Å²) in [6, 6.07) is 4.64. The molecule has 0 bridgehead atoms. The molecule has 0 unspecified atom stereocenters. The summed E-state index contributed by atoms with van der Waals surface area (Å²) in [6.45, 7) is 2.23. The van der Waals surface area contributed by atoms with Crippen molar-refractivity contribution < 1.29 is 13.2 Å². The third kappa shape index (κ3) is 3.92. The maximum absolute atomic E-state index is 12.8. The molecule has 24 heavy (non-hydrogen) atoms. The Bertz CT molecular complexity index is 711. The van der Waals surface area contributed by atoms with Gasteiger partial charge in [-0.1, -0.05) is 18.5 Å². The van der Waals surface area contributed by atoms with Gasteiger partial charge in [-0.2, -0.15) is 0 Å². The van der Waals surface area contributed by atoms with Crippen LogP contribution in [0.2, 0.25) is 5.02 Å². The van der Waals surface area contributed by atoms with E-state index in [0.717, 1.165) is 30.0 Å². The average Bonchev–Trinajstić information content (AvgIpc) is 2.54. The summed E-state index contributed by atoms with van der Waals surface area (Å²) in [4.78, 5) is 14.5. The fourth-order valence-corrected chi connectivity index (χ4v) is 4.42. The van der Waals surface area contributed by atoms with Gasteiger partial charge in [-0.25, -0.2) is 12.7 Å². The second-order valence-corrected chi connectivity index (χ2v) is 9.29. The maximum Gasteiger partial charge on any atom is 0.253 e. The quantitative estimate of drug-likeness (QED) is 0.815. The lowest BCUT2D eigenvalue weighted by Crippen LogP contribution is -2.39. The third-order valence-electron chi connectivity index (χ3n) is 4.79. The SMILES string of the molecule is CC1CCC(N(C)C(=O)c2ccc(Cl)c(S(=O)(=O)N(C)C)c2)CC1. The minimum atomic E-state index is -3.69. The van der Waals surface area contributed by atoms with E-state index in [0.29, 0.717) is 11.5 Å². The fourth-order valence-electron chi connectivity index (χ4n) is 3.03. The molecule has 1 saturated carbocycles. The van der Waals surface area contributed by atoms with Crippen molar-refractivity contribution in [1.29, 1.82) is 0 Å². The monoisotopic (exact) mass is 372 g/mol. The van der Waals surface area contributed by atoms with Crippen molar-refractivity contribution in [3.8, 4) is 0 Å². The van der Waals surface area contributed by atoms with Gasteiger partial charge in [0.15, 0.2) is 0 Å². The highest BCUT2D eigenvalue weighted by Crippen LogP contribution is 2.29. The second kappa shape index (κ2) is 7.42. The van der Waals surface area contributed by atoms with Crippen LogP contribution in [0.3, 0.4) is 0 Å². The molecule has 1 amide bonds. The molecule has 0 saturated heterocycles. The van der Waals surface area contributed by atoms with Crippen LogP contribution in [0.15, 0.2) is 23.1 Å². The van der Waals surface area contributed by atoms with Crippen LogP contribution in [0.1, 0.15) is 43.0 Å². The highest BCUT2D eigenvalue weighted by Gasteiger charge is 2.27. The average molecular weight is 373 g/mol. The molecule has 0 N–H and O–H groups in total. The van der Waals surface area contributed by atoms with Crippen molar-refractivity contribution in [3.63, 3.8) is 0 Å². The van der Waals surface area contributed by atoms with Gasteiger partial charge in [0.05, 0.1) is 5.02 Å². The van der Waals surface area contributed by atoms with Gasteiger partial charge < -0.3 is 4.90 Å². The van der Waals surface area contributed by atoms with E-state index >= 15 is 0 Å². The first-order valence-corrected chi connectivity index (χ1v) is 9.95. The molecule has 7 heteroatoms. The van der Waals surface area contributed by atoms with Gasteiger partial charge in [-0.3, -0.25) is 4.79 Å². The highest BCUT2D eigenvalue weighted by molar-refractivity contribution is 7.89. The minimum absolute atomic E-state index is 0.0364. The molecule has 0 heterocycles. The zero-order valence-corrected chi connectivity index (χ0v) is 16.2. The molecule has 0 radical (unpaired) electrons. The van der Waals surface area contributed by atoms with E-state index < -0.39 is 10.0 Å². The topological polar surface area (TPSA) is 57.7 Å². The Balaban J connectivity index is 2.27. The number of carbonyl (C=O) groups is 1. The molecular weight excluding hydrogens is 348 g/mol. The number of amides is 1. The zero-order valence-electron chi connectivity index (χ0n) is 14.6. The summed E-state index contributed by atoms with van der Waals surface area (Å²) in [5, 5.41) is 0.120. The fraction of sp³-hybridized carbons (Fsp3) is 0.588.